The lowest BCUT2D eigenvalue weighted by molar-refractivity contribution is 0.302. The van der Waals surface area contributed by atoms with Crippen LogP contribution < -0.4 is 16.0 Å². The fourth-order valence-corrected chi connectivity index (χ4v) is 2.76. The lowest BCUT2D eigenvalue weighted by Crippen LogP contribution is -2.29. The van der Waals surface area contributed by atoms with Crippen LogP contribution in [0.15, 0.2) is 42.5 Å². The average Bonchev–Trinajstić information content (AvgIpc) is 3.26. The quantitative estimate of drug-likeness (QED) is 0.644. The van der Waals surface area contributed by atoms with Crippen LogP contribution in [0.3, 0.4) is 0 Å². The number of nitrogens with two attached hydrogens (primary N) is 1. The van der Waals surface area contributed by atoms with Crippen LogP contribution in [0.25, 0.3) is 0 Å². The third kappa shape index (κ3) is 3.50. The van der Waals surface area contributed by atoms with Crippen LogP contribution in [0.5, 0.6) is 5.75 Å². The van der Waals surface area contributed by atoms with Crippen LogP contribution in [0.1, 0.15) is 30.0 Å². The van der Waals surface area contributed by atoms with Gasteiger partial charge in [-0.05, 0) is 48.2 Å². The Morgan fingerprint density at radius 1 is 1.14 bits per heavy atom. The number of halogens is 2. The molecule has 3 nitrogen and oxygen atoms in total. The molecule has 0 amide bonds. The fourth-order valence-electron chi connectivity index (χ4n) is 2.25. The van der Waals surface area contributed by atoms with Gasteiger partial charge in [0.05, 0.1) is 12.1 Å². The SMILES string of the molecule is NNC(c1cccc(OC2CC2)c1)c1ccc(Cl)cc1Cl. The molecule has 1 aliphatic rings. The van der Waals surface area contributed by atoms with Crippen molar-refractivity contribution in [3.8, 4) is 5.75 Å². The number of ether oxygens (including phenoxy) is 1. The standard InChI is InChI=1S/C16H16Cl2N2O/c17-11-4-7-14(15(18)9-11)16(20-19)10-2-1-3-13(8-10)21-12-5-6-12/h1-4,7-9,12,16,20H,5-6,19H2. The van der Waals surface area contributed by atoms with E-state index in [2.05, 4.69) is 5.43 Å². The second-order valence-corrected chi connectivity index (χ2v) is 6.00. The van der Waals surface area contributed by atoms with E-state index in [-0.39, 0.29) is 6.04 Å². The highest BCUT2D eigenvalue weighted by Crippen LogP contribution is 2.33. The normalized spacial score (nSPS) is 15.8. The number of hydrogen-bond acceptors (Lipinski definition) is 3. The second kappa shape index (κ2) is 6.24. The highest BCUT2D eigenvalue weighted by molar-refractivity contribution is 6.35. The molecule has 1 aliphatic carbocycles. The predicted octanol–water partition coefficient (Wildman–Crippen LogP) is 4.09. The molecule has 2 aromatic rings. The molecule has 1 saturated carbocycles. The highest BCUT2D eigenvalue weighted by atomic mass is 35.5. The van der Waals surface area contributed by atoms with Crippen LogP contribution in [-0.2, 0) is 0 Å². The van der Waals surface area contributed by atoms with Gasteiger partial charge in [0.15, 0.2) is 0 Å². The first-order valence-electron chi connectivity index (χ1n) is 6.85. The highest BCUT2D eigenvalue weighted by Gasteiger charge is 2.24. The van der Waals surface area contributed by atoms with Gasteiger partial charge in [0, 0.05) is 10.0 Å². The molecule has 1 unspecified atom stereocenters. The summed E-state index contributed by atoms with van der Waals surface area (Å²) in [5.41, 5.74) is 4.69. The average molecular weight is 323 g/mol. The molecule has 0 aromatic heterocycles. The van der Waals surface area contributed by atoms with Crippen molar-refractivity contribution in [2.24, 2.45) is 5.84 Å². The molecule has 21 heavy (non-hydrogen) atoms. The van der Waals surface area contributed by atoms with Crippen LogP contribution in [0.4, 0.5) is 0 Å². The van der Waals surface area contributed by atoms with Crippen LogP contribution in [0.2, 0.25) is 10.0 Å². The number of benzene rings is 2. The molecule has 3 rings (SSSR count). The monoisotopic (exact) mass is 322 g/mol. The molecule has 5 heteroatoms. The Hall–Kier alpha value is -1.26. The third-order valence-corrected chi connectivity index (χ3v) is 4.02. The van der Waals surface area contributed by atoms with Gasteiger partial charge in [0.1, 0.15) is 5.75 Å². The van der Waals surface area contributed by atoms with Gasteiger partial charge in [-0.1, -0.05) is 41.4 Å². The third-order valence-electron chi connectivity index (χ3n) is 3.46. The van der Waals surface area contributed by atoms with Crippen molar-refractivity contribution in [3.63, 3.8) is 0 Å². The first-order chi connectivity index (χ1) is 10.2. The second-order valence-electron chi connectivity index (χ2n) is 5.16. The summed E-state index contributed by atoms with van der Waals surface area (Å²) < 4.78 is 5.82. The summed E-state index contributed by atoms with van der Waals surface area (Å²) in [7, 11) is 0. The Kier molecular flexibility index (Phi) is 4.36. The van der Waals surface area contributed by atoms with E-state index < -0.39 is 0 Å². The molecular weight excluding hydrogens is 307 g/mol. The van der Waals surface area contributed by atoms with E-state index in [0.717, 1.165) is 29.7 Å². The predicted molar refractivity (Wildman–Crippen MR) is 85.7 cm³/mol. The largest absolute Gasteiger partial charge is 0.490 e. The summed E-state index contributed by atoms with van der Waals surface area (Å²) in [4.78, 5) is 0. The van der Waals surface area contributed by atoms with Crippen LogP contribution in [0, 0.1) is 0 Å². The van der Waals surface area contributed by atoms with E-state index >= 15 is 0 Å². The van der Waals surface area contributed by atoms with Gasteiger partial charge in [0.2, 0.25) is 0 Å². The minimum Gasteiger partial charge on any atom is -0.490 e. The van der Waals surface area contributed by atoms with E-state index in [1.165, 1.54) is 0 Å². The van der Waals surface area contributed by atoms with Crippen LogP contribution >= 0.6 is 23.2 Å². The molecule has 3 N–H and O–H groups in total. The van der Waals surface area contributed by atoms with Gasteiger partial charge in [-0.15, -0.1) is 0 Å². The van der Waals surface area contributed by atoms with E-state index in [1.807, 2.05) is 30.3 Å². The number of hydrazine groups is 1. The maximum Gasteiger partial charge on any atom is 0.120 e. The molecule has 0 radical (unpaired) electrons. The Bertz CT molecular complexity index is 644. The molecular formula is C16H16Cl2N2O. The molecule has 2 aromatic carbocycles. The van der Waals surface area contributed by atoms with Gasteiger partial charge < -0.3 is 4.74 Å². The van der Waals surface area contributed by atoms with E-state index in [1.54, 1.807) is 12.1 Å². The maximum atomic E-state index is 6.28. The molecule has 0 aliphatic heterocycles. The van der Waals surface area contributed by atoms with Crippen molar-refractivity contribution < 1.29 is 4.74 Å². The number of hydrogen-bond donors (Lipinski definition) is 2. The van der Waals surface area contributed by atoms with Gasteiger partial charge in [-0.2, -0.15) is 0 Å². The van der Waals surface area contributed by atoms with Crippen molar-refractivity contribution >= 4 is 23.2 Å². The van der Waals surface area contributed by atoms with Crippen molar-refractivity contribution in [3.05, 3.63) is 63.6 Å². The summed E-state index contributed by atoms with van der Waals surface area (Å²) >= 11 is 12.2. The van der Waals surface area contributed by atoms with Crippen LogP contribution in [-0.4, -0.2) is 6.10 Å². The lowest BCUT2D eigenvalue weighted by Gasteiger charge is -2.19. The maximum absolute atomic E-state index is 6.28. The topological polar surface area (TPSA) is 47.3 Å². The number of rotatable bonds is 5. The van der Waals surface area contributed by atoms with Crippen molar-refractivity contribution in [2.75, 3.05) is 0 Å². The van der Waals surface area contributed by atoms with Gasteiger partial charge in [0.25, 0.3) is 0 Å². The first-order valence-corrected chi connectivity index (χ1v) is 7.60. The minimum atomic E-state index is -0.211. The molecule has 0 heterocycles. The summed E-state index contributed by atoms with van der Waals surface area (Å²) in [5.74, 6) is 6.59. The van der Waals surface area contributed by atoms with Crippen molar-refractivity contribution in [1.82, 2.24) is 5.43 Å². The molecule has 1 fully saturated rings. The molecule has 110 valence electrons. The summed E-state index contributed by atoms with van der Waals surface area (Å²) in [6, 6.07) is 13.1. The van der Waals surface area contributed by atoms with Gasteiger partial charge >= 0.3 is 0 Å². The van der Waals surface area contributed by atoms with Gasteiger partial charge in [-0.3, -0.25) is 5.84 Å². The first kappa shape index (κ1) is 14.7. The molecule has 0 bridgehead atoms. The Balaban J connectivity index is 1.91. The van der Waals surface area contributed by atoms with E-state index in [4.69, 9.17) is 33.8 Å². The number of nitrogens with one attached hydrogen (secondary N) is 1. The molecule has 1 atom stereocenters. The van der Waals surface area contributed by atoms with Crippen molar-refractivity contribution in [1.29, 1.82) is 0 Å². The summed E-state index contributed by atoms with van der Waals surface area (Å²) in [5, 5.41) is 1.18. The molecule has 0 spiro atoms. The van der Waals surface area contributed by atoms with E-state index in [9.17, 15) is 0 Å². The Labute approximate surface area is 134 Å². The Morgan fingerprint density at radius 2 is 1.95 bits per heavy atom. The van der Waals surface area contributed by atoms with Crippen molar-refractivity contribution in [2.45, 2.75) is 25.0 Å². The fraction of sp³-hybridized carbons (Fsp3) is 0.250. The zero-order chi connectivity index (χ0) is 14.8. The smallest absolute Gasteiger partial charge is 0.120 e. The Morgan fingerprint density at radius 3 is 2.62 bits per heavy atom. The summed E-state index contributed by atoms with van der Waals surface area (Å²) in [6.45, 7) is 0. The van der Waals surface area contributed by atoms with Gasteiger partial charge in [-0.25, -0.2) is 5.43 Å². The molecule has 0 saturated heterocycles. The lowest BCUT2D eigenvalue weighted by atomic mass is 9.99. The minimum absolute atomic E-state index is 0.211. The zero-order valence-electron chi connectivity index (χ0n) is 11.4. The zero-order valence-corrected chi connectivity index (χ0v) is 12.9. The van der Waals surface area contributed by atoms with E-state index in [0.29, 0.717) is 16.1 Å². The summed E-state index contributed by atoms with van der Waals surface area (Å²) in [6.07, 6.45) is 2.63.